The molecule has 0 aliphatic rings. The number of thiazole rings is 1. The first-order valence-electron chi connectivity index (χ1n) is 4.65. The summed E-state index contributed by atoms with van der Waals surface area (Å²) in [5.41, 5.74) is 0. The maximum atomic E-state index is 11.6. The van der Waals surface area contributed by atoms with Gasteiger partial charge in [-0.05, 0) is 0 Å². The summed E-state index contributed by atoms with van der Waals surface area (Å²) in [7, 11) is 1.54. The smallest absolute Gasteiger partial charge is 0.323 e. The fourth-order valence-corrected chi connectivity index (χ4v) is 1.56. The molecule has 2 amide bonds. The number of rotatable bonds is 4. The van der Waals surface area contributed by atoms with Crippen LogP contribution in [0.25, 0.3) is 0 Å². The number of carboxylic acid groups (broad SMARTS) is 1. The predicted molar refractivity (Wildman–Crippen MR) is 60.6 cm³/mol. The molecule has 0 aromatic carbocycles. The molecule has 1 aromatic rings. The molecule has 1 atom stereocenters. The third-order valence-electron chi connectivity index (χ3n) is 1.96. The summed E-state index contributed by atoms with van der Waals surface area (Å²) in [6.45, 7) is 1.71. The Bertz CT molecular complexity index is 366. The maximum absolute atomic E-state index is 11.6. The van der Waals surface area contributed by atoms with E-state index in [1.165, 1.54) is 16.2 Å². The van der Waals surface area contributed by atoms with Gasteiger partial charge in [0, 0.05) is 25.2 Å². The molecule has 7 heteroatoms. The van der Waals surface area contributed by atoms with Crippen molar-refractivity contribution in [1.29, 1.82) is 0 Å². The molecule has 1 heterocycles. The van der Waals surface area contributed by atoms with Crippen LogP contribution in [-0.2, 0) is 4.79 Å². The van der Waals surface area contributed by atoms with Crippen molar-refractivity contribution in [2.24, 2.45) is 5.92 Å². The van der Waals surface area contributed by atoms with Gasteiger partial charge in [0.1, 0.15) is 0 Å². The van der Waals surface area contributed by atoms with Crippen molar-refractivity contribution in [1.82, 2.24) is 9.88 Å². The first-order valence-corrected chi connectivity index (χ1v) is 5.53. The van der Waals surface area contributed by atoms with Crippen LogP contribution < -0.4 is 5.32 Å². The lowest BCUT2D eigenvalue weighted by atomic mass is 10.2. The van der Waals surface area contributed by atoms with Crippen LogP contribution in [0.15, 0.2) is 11.6 Å². The second-order valence-electron chi connectivity index (χ2n) is 3.39. The Morgan fingerprint density at radius 3 is 2.88 bits per heavy atom. The van der Waals surface area contributed by atoms with Gasteiger partial charge in [0.25, 0.3) is 0 Å². The number of hydrogen-bond acceptors (Lipinski definition) is 4. The number of carbonyl (C=O) groups excluding carboxylic acids is 1. The van der Waals surface area contributed by atoms with E-state index in [-0.39, 0.29) is 12.6 Å². The standard InChI is InChI=1S/C9H13N3O3S/c1-6(7(13)14)5-12(2)9(15)11-8-10-3-4-16-8/h3-4,6H,5H2,1-2H3,(H,13,14)(H,10,11,15). The fraction of sp³-hybridized carbons (Fsp3) is 0.444. The van der Waals surface area contributed by atoms with E-state index in [1.54, 1.807) is 25.5 Å². The van der Waals surface area contributed by atoms with Crippen molar-refractivity contribution < 1.29 is 14.7 Å². The van der Waals surface area contributed by atoms with Crippen molar-refractivity contribution in [3.63, 3.8) is 0 Å². The molecule has 0 saturated heterocycles. The highest BCUT2D eigenvalue weighted by molar-refractivity contribution is 7.13. The second-order valence-corrected chi connectivity index (χ2v) is 4.28. The number of aromatic nitrogens is 1. The minimum absolute atomic E-state index is 0.159. The van der Waals surface area contributed by atoms with Crippen molar-refractivity contribution in [3.05, 3.63) is 11.6 Å². The zero-order chi connectivity index (χ0) is 12.1. The summed E-state index contributed by atoms with van der Waals surface area (Å²) in [6, 6.07) is -0.358. The van der Waals surface area contributed by atoms with Crippen LogP contribution >= 0.6 is 11.3 Å². The SMILES string of the molecule is CC(CN(C)C(=O)Nc1nccs1)C(=O)O. The van der Waals surface area contributed by atoms with E-state index in [0.717, 1.165) is 0 Å². The van der Waals surface area contributed by atoms with E-state index in [2.05, 4.69) is 10.3 Å². The molecule has 0 aliphatic heterocycles. The molecule has 0 fully saturated rings. The number of nitrogens with one attached hydrogen (secondary N) is 1. The number of carboxylic acids is 1. The van der Waals surface area contributed by atoms with Gasteiger partial charge in [-0.1, -0.05) is 6.92 Å². The zero-order valence-corrected chi connectivity index (χ0v) is 9.82. The van der Waals surface area contributed by atoms with Crippen LogP contribution in [0.2, 0.25) is 0 Å². The number of aliphatic carboxylic acids is 1. The van der Waals surface area contributed by atoms with Crippen LogP contribution in [-0.4, -0.2) is 40.6 Å². The Kier molecular flexibility index (Phi) is 4.24. The number of amides is 2. The average molecular weight is 243 g/mol. The molecule has 1 aromatic heterocycles. The third-order valence-corrected chi connectivity index (χ3v) is 2.65. The summed E-state index contributed by atoms with van der Waals surface area (Å²) < 4.78 is 0. The summed E-state index contributed by atoms with van der Waals surface area (Å²) >= 11 is 1.31. The van der Waals surface area contributed by atoms with Gasteiger partial charge in [-0.25, -0.2) is 9.78 Å². The number of nitrogens with zero attached hydrogens (tertiary/aromatic N) is 2. The highest BCUT2D eigenvalue weighted by atomic mass is 32.1. The van der Waals surface area contributed by atoms with Crippen LogP contribution in [0.3, 0.4) is 0 Å². The zero-order valence-electron chi connectivity index (χ0n) is 9.01. The number of carbonyl (C=O) groups is 2. The Balaban J connectivity index is 2.45. The highest BCUT2D eigenvalue weighted by Gasteiger charge is 2.17. The molecule has 16 heavy (non-hydrogen) atoms. The summed E-state index contributed by atoms with van der Waals surface area (Å²) in [5.74, 6) is -1.51. The molecule has 2 N–H and O–H groups in total. The first kappa shape index (κ1) is 12.4. The van der Waals surface area contributed by atoms with Crippen LogP contribution in [0.1, 0.15) is 6.92 Å². The Labute approximate surface area is 96.9 Å². The van der Waals surface area contributed by atoms with Gasteiger partial charge in [0.2, 0.25) is 0 Å². The van der Waals surface area contributed by atoms with E-state index < -0.39 is 11.9 Å². The molecule has 6 nitrogen and oxygen atoms in total. The Morgan fingerprint density at radius 1 is 1.69 bits per heavy atom. The van der Waals surface area contributed by atoms with Crippen LogP contribution in [0, 0.1) is 5.92 Å². The molecular formula is C9H13N3O3S. The van der Waals surface area contributed by atoms with Gasteiger partial charge in [0.15, 0.2) is 5.13 Å². The van der Waals surface area contributed by atoms with Crippen LogP contribution in [0.4, 0.5) is 9.93 Å². The Hall–Kier alpha value is -1.63. The lowest BCUT2D eigenvalue weighted by molar-refractivity contribution is -0.141. The normalized spacial score (nSPS) is 11.9. The lowest BCUT2D eigenvalue weighted by Gasteiger charge is -2.18. The Morgan fingerprint density at radius 2 is 2.38 bits per heavy atom. The minimum atomic E-state index is -0.922. The molecule has 1 unspecified atom stereocenters. The summed E-state index contributed by atoms with van der Waals surface area (Å²) in [4.78, 5) is 27.4. The molecule has 0 aliphatic carbocycles. The molecule has 88 valence electrons. The monoisotopic (exact) mass is 243 g/mol. The number of anilines is 1. The predicted octanol–water partition coefficient (Wildman–Crippen LogP) is 1.33. The van der Waals surface area contributed by atoms with Crippen molar-refractivity contribution in [2.45, 2.75) is 6.92 Å². The van der Waals surface area contributed by atoms with E-state index >= 15 is 0 Å². The van der Waals surface area contributed by atoms with Crippen LogP contribution in [0.5, 0.6) is 0 Å². The third kappa shape index (κ3) is 3.50. The summed E-state index contributed by atoms with van der Waals surface area (Å²) in [5, 5.41) is 13.5. The quantitative estimate of drug-likeness (QED) is 0.835. The molecule has 0 bridgehead atoms. The van der Waals surface area contributed by atoms with E-state index in [4.69, 9.17) is 5.11 Å². The number of hydrogen-bond donors (Lipinski definition) is 2. The molecule has 1 rings (SSSR count). The van der Waals surface area contributed by atoms with E-state index in [9.17, 15) is 9.59 Å². The van der Waals surface area contributed by atoms with Gasteiger partial charge in [-0.2, -0.15) is 0 Å². The fourth-order valence-electron chi connectivity index (χ4n) is 1.04. The molecule has 0 radical (unpaired) electrons. The van der Waals surface area contributed by atoms with E-state index in [0.29, 0.717) is 5.13 Å². The van der Waals surface area contributed by atoms with E-state index in [1.807, 2.05) is 0 Å². The second kappa shape index (κ2) is 5.45. The van der Waals surface area contributed by atoms with Gasteiger partial charge in [-0.3, -0.25) is 10.1 Å². The topological polar surface area (TPSA) is 82.5 Å². The van der Waals surface area contributed by atoms with Gasteiger partial charge in [0.05, 0.1) is 5.92 Å². The van der Waals surface area contributed by atoms with Crippen molar-refractivity contribution >= 4 is 28.5 Å². The molecule has 0 saturated carbocycles. The first-order chi connectivity index (χ1) is 7.50. The van der Waals surface area contributed by atoms with Gasteiger partial charge in [-0.15, -0.1) is 11.3 Å². The van der Waals surface area contributed by atoms with Crippen molar-refractivity contribution in [3.8, 4) is 0 Å². The average Bonchev–Trinajstić information content (AvgIpc) is 2.69. The van der Waals surface area contributed by atoms with Gasteiger partial charge < -0.3 is 10.0 Å². The maximum Gasteiger partial charge on any atom is 0.323 e. The molecule has 0 spiro atoms. The minimum Gasteiger partial charge on any atom is -0.481 e. The van der Waals surface area contributed by atoms with Gasteiger partial charge >= 0.3 is 12.0 Å². The largest absolute Gasteiger partial charge is 0.481 e. The highest BCUT2D eigenvalue weighted by Crippen LogP contribution is 2.11. The summed E-state index contributed by atoms with van der Waals surface area (Å²) in [6.07, 6.45) is 1.58. The number of urea groups is 1. The lowest BCUT2D eigenvalue weighted by Crippen LogP contribution is -2.36. The van der Waals surface area contributed by atoms with Crippen molar-refractivity contribution in [2.75, 3.05) is 18.9 Å². The molecular weight excluding hydrogens is 230 g/mol.